The second-order valence-electron chi connectivity index (χ2n) is 5.39. The molecular formula is C17H15BrFNO4. The number of carboxylic acid groups (broad SMARTS) is 1. The SMILES string of the molecule is CC(O)(C(=O)NCc1ccc(C(=O)O)cc1)c1ccc(F)c(Br)c1. The van der Waals surface area contributed by atoms with Crippen LogP contribution in [0.4, 0.5) is 4.39 Å². The molecule has 0 spiro atoms. The van der Waals surface area contributed by atoms with Gasteiger partial charge in [-0.25, -0.2) is 9.18 Å². The minimum atomic E-state index is -1.84. The van der Waals surface area contributed by atoms with Gasteiger partial charge in [-0.05, 0) is 58.2 Å². The lowest BCUT2D eigenvalue weighted by atomic mass is 9.95. The zero-order chi connectivity index (χ0) is 17.9. The number of carboxylic acids is 1. The molecule has 5 nitrogen and oxygen atoms in total. The topological polar surface area (TPSA) is 86.6 Å². The van der Waals surface area contributed by atoms with Crippen LogP contribution in [0.3, 0.4) is 0 Å². The Kier molecular flexibility index (Phi) is 5.36. The fourth-order valence-corrected chi connectivity index (χ4v) is 2.43. The van der Waals surface area contributed by atoms with Gasteiger partial charge in [0.15, 0.2) is 5.60 Å². The number of aliphatic hydroxyl groups is 1. The number of carbonyl (C=O) groups is 2. The largest absolute Gasteiger partial charge is 0.478 e. The van der Waals surface area contributed by atoms with Gasteiger partial charge in [0.2, 0.25) is 0 Å². The number of aromatic carboxylic acids is 1. The zero-order valence-corrected chi connectivity index (χ0v) is 14.3. The van der Waals surface area contributed by atoms with Crippen molar-refractivity contribution in [3.8, 4) is 0 Å². The van der Waals surface area contributed by atoms with E-state index in [0.717, 1.165) is 6.07 Å². The summed E-state index contributed by atoms with van der Waals surface area (Å²) >= 11 is 3.02. The number of carbonyl (C=O) groups excluding carboxylic acids is 1. The Morgan fingerprint density at radius 3 is 2.38 bits per heavy atom. The van der Waals surface area contributed by atoms with E-state index in [1.807, 2.05) is 0 Å². The lowest BCUT2D eigenvalue weighted by Gasteiger charge is -2.23. The van der Waals surface area contributed by atoms with Gasteiger partial charge in [0.05, 0.1) is 10.0 Å². The van der Waals surface area contributed by atoms with Gasteiger partial charge in [0, 0.05) is 6.54 Å². The van der Waals surface area contributed by atoms with Crippen molar-refractivity contribution in [2.45, 2.75) is 19.1 Å². The van der Waals surface area contributed by atoms with Crippen LogP contribution in [0.1, 0.15) is 28.4 Å². The maximum absolute atomic E-state index is 13.3. The third kappa shape index (κ3) is 3.98. The lowest BCUT2D eigenvalue weighted by molar-refractivity contribution is -0.139. The first kappa shape index (κ1) is 18.1. The van der Waals surface area contributed by atoms with Crippen molar-refractivity contribution in [1.82, 2.24) is 5.32 Å². The molecule has 0 aliphatic carbocycles. The van der Waals surface area contributed by atoms with Crippen molar-refractivity contribution in [3.05, 3.63) is 69.4 Å². The molecule has 2 aromatic carbocycles. The Morgan fingerprint density at radius 1 is 1.21 bits per heavy atom. The van der Waals surface area contributed by atoms with E-state index in [1.165, 1.54) is 31.2 Å². The van der Waals surface area contributed by atoms with Gasteiger partial charge in [-0.1, -0.05) is 18.2 Å². The van der Waals surface area contributed by atoms with Crippen molar-refractivity contribution in [2.24, 2.45) is 0 Å². The number of rotatable bonds is 5. The molecule has 1 atom stereocenters. The zero-order valence-electron chi connectivity index (χ0n) is 12.7. The Morgan fingerprint density at radius 2 is 1.83 bits per heavy atom. The number of hydrogen-bond acceptors (Lipinski definition) is 3. The van der Waals surface area contributed by atoms with E-state index in [0.29, 0.717) is 5.56 Å². The fourth-order valence-electron chi connectivity index (χ4n) is 2.05. The Balaban J connectivity index is 2.07. The number of halogens is 2. The summed E-state index contributed by atoms with van der Waals surface area (Å²) in [7, 11) is 0. The third-order valence-electron chi connectivity index (χ3n) is 3.58. The Labute approximate surface area is 146 Å². The molecule has 0 aliphatic heterocycles. The highest BCUT2D eigenvalue weighted by atomic mass is 79.9. The molecule has 0 saturated carbocycles. The molecule has 0 aliphatic rings. The predicted molar refractivity (Wildman–Crippen MR) is 88.9 cm³/mol. The summed E-state index contributed by atoms with van der Waals surface area (Å²) in [4.78, 5) is 23.0. The number of benzene rings is 2. The molecule has 1 unspecified atom stereocenters. The van der Waals surface area contributed by atoms with Gasteiger partial charge < -0.3 is 15.5 Å². The highest BCUT2D eigenvalue weighted by Crippen LogP contribution is 2.26. The summed E-state index contributed by atoms with van der Waals surface area (Å²) in [6.45, 7) is 1.44. The van der Waals surface area contributed by atoms with Crippen molar-refractivity contribution >= 4 is 27.8 Å². The van der Waals surface area contributed by atoms with Crippen molar-refractivity contribution in [2.75, 3.05) is 0 Å². The van der Waals surface area contributed by atoms with Gasteiger partial charge in [0.25, 0.3) is 5.91 Å². The average Bonchev–Trinajstić information content (AvgIpc) is 2.55. The third-order valence-corrected chi connectivity index (χ3v) is 4.19. The predicted octanol–water partition coefficient (Wildman–Crippen LogP) is 2.81. The van der Waals surface area contributed by atoms with E-state index in [-0.39, 0.29) is 22.1 Å². The fraction of sp³-hybridized carbons (Fsp3) is 0.176. The first-order valence-corrected chi connectivity index (χ1v) is 7.79. The normalized spacial score (nSPS) is 13.2. The van der Waals surface area contributed by atoms with Crippen LogP contribution in [0.2, 0.25) is 0 Å². The van der Waals surface area contributed by atoms with Crippen LogP contribution in [0, 0.1) is 5.82 Å². The van der Waals surface area contributed by atoms with Gasteiger partial charge in [0.1, 0.15) is 5.82 Å². The van der Waals surface area contributed by atoms with Crippen LogP contribution < -0.4 is 5.32 Å². The molecule has 24 heavy (non-hydrogen) atoms. The van der Waals surface area contributed by atoms with E-state index in [1.54, 1.807) is 12.1 Å². The number of hydrogen-bond donors (Lipinski definition) is 3. The molecular weight excluding hydrogens is 381 g/mol. The molecule has 2 rings (SSSR count). The van der Waals surface area contributed by atoms with Crippen LogP contribution in [-0.4, -0.2) is 22.1 Å². The monoisotopic (exact) mass is 395 g/mol. The molecule has 0 heterocycles. The molecule has 0 radical (unpaired) electrons. The van der Waals surface area contributed by atoms with Gasteiger partial charge in [-0.3, -0.25) is 4.79 Å². The van der Waals surface area contributed by atoms with Crippen LogP contribution in [-0.2, 0) is 16.9 Å². The van der Waals surface area contributed by atoms with E-state index < -0.39 is 23.3 Å². The molecule has 0 saturated heterocycles. The number of amides is 1. The minimum absolute atomic E-state index is 0.122. The summed E-state index contributed by atoms with van der Waals surface area (Å²) in [5, 5.41) is 21.8. The molecule has 7 heteroatoms. The van der Waals surface area contributed by atoms with Crippen LogP contribution in [0.5, 0.6) is 0 Å². The van der Waals surface area contributed by atoms with Crippen LogP contribution in [0.25, 0.3) is 0 Å². The Hall–Kier alpha value is -2.25. The van der Waals surface area contributed by atoms with E-state index >= 15 is 0 Å². The first-order chi connectivity index (χ1) is 11.2. The number of nitrogens with one attached hydrogen (secondary N) is 1. The van der Waals surface area contributed by atoms with Gasteiger partial charge in [-0.2, -0.15) is 0 Å². The summed E-state index contributed by atoms with van der Waals surface area (Å²) in [6, 6.07) is 9.85. The van der Waals surface area contributed by atoms with Gasteiger partial charge >= 0.3 is 5.97 Å². The van der Waals surface area contributed by atoms with E-state index in [2.05, 4.69) is 21.2 Å². The summed E-state index contributed by atoms with van der Waals surface area (Å²) in [5.41, 5.74) is -0.760. The highest BCUT2D eigenvalue weighted by Gasteiger charge is 2.32. The van der Waals surface area contributed by atoms with Crippen molar-refractivity contribution in [3.63, 3.8) is 0 Å². The summed E-state index contributed by atoms with van der Waals surface area (Å²) in [6.07, 6.45) is 0. The van der Waals surface area contributed by atoms with E-state index in [9.17, 15) is 19.1 Å². The summed E-state index contributed by atoms with van der Waals surface area (Å²) in [5.74, 6) is -2.17. The van der Waals surface area contributed by atoms with Gasteiger partial charge in [-0.15, -0.1) is 0 Å². The molecule has 2 aromatic rings. The molecule has 0 fully saturated rings. The molecule has 126 valence electrons. The Bertz CT molecular complexity index is 775. The summed E-state index contributed by atoms with van der Waals surface area (Å²) < 4.78 is 13.4. The lowest BCUT2D eigenvalue weighted by Crippen LogP contribution is -2.41. The molecule has 0 bridgehead atoms. The van der Waals surface area contributed by atoms with Crippen LogP contribution in [0.15, 0.2) is 46.9 Å². The highest BCUT2D eigenvalue weighted by molar-refractivity contribution is 9.10. The molecule has 3 N–H and O–H groups in total. The minimum Gasteiger partial charge on any atom is -0.478 e. The quantitative estimate of drug-likeness (QED) is 0.726. The standard InChI is InChI=1S/C17H15BrFNO4/c1-17(24,12-6-7-14(19)13(18)8-12)16(23)20-9-10-2-4-11(5-3-10)15(21)22/h2-8,24H,9H2,1H3,(H,20,23)(H,21,22). The van der Waals surface area contributed by atoms with Crippen LogP contribution >= 0.6 is 15.9 Å². The molecule has 0 aromatic heterocycles. The maximum Gasteiger partial charge on any atom is 0.335 e. The average molecular weight is 396 g/mol. The molecule has 1 amide bonds. The second-order valence-corrected chi connectivity index (χ2v) is 6.24. The van der Waals surface area contributed by atoms with Crippen molar-refractivity contribution in [1.29, 1.82) is 0 Å². The van der Waals surface area contributed by atoms with Crippen molar-refractivity contribution < 1.29 is 24.2 Å². The smallest absolute Gasteiger partial charge is 0.335 e. The van der Waals surface area contributed by atoms with E-state index in [4.69, 9.17) is 5.11 Å². The first-order valence-electron chi connectivity index (χ1n) is 7.00. The maximum atomic E-state index is 13.3. The second kappa shape index (κ2) is 7.11.